The molecule has 0 aromatic heterocycles. The Morgan fingerprint density at radius 3 is 2.88 bits per heavy atom. The molecule has 136 valence electrons. The van der Waals surface area contributed by atoms with Crippen LogP contribution < -0.4 is 10.5 Å². The fourth-order valence-electron chi connectivity index (χ4n) is 4.74. The van der Waals surface area contributed by atoms with Crippen molar-refractivity contribution in [1.29, 1.82) is 0 Å². The van der Waals surface area contributed by atoms with Crippen LogP contribution in [0.1, 0.15) is 45.3 Å². The molecule has 1 aromatic rings. The summed E-state index contributed by atoms with van der Waals surface area (Å²) in [6, 6.07) is 7.79. The van der Waals surface area contributed by atoms with E-state index in [1.54, 1.807) is 6.92 Å². The predicted molar refractivity (Wildman–Crippen MR) is 95.2 cm³/mol. The first-order valence-electron chi connectivity index (χ1n) is 9.34. The molecule has 5 atom stereocenters. The number of nitrogens with zero attached hydrogens (tertiary/aromatic N) is 1. The molecular formula is C20H28N2O3. The molecule has 1 amide bonds. The maximum Gasteiger partial charge on any atom is 0.239 e. The molecule has 4 rings (SSSR count). The zero-order valence-corrected chi connectivity index (χ0v) is 15.3. The van der Waals surface area contributed by atoms with Gasteiger partial charge in [0.25, 0.3) is 0 Å². The Bertz CT molecular complexity index is 673. The molecule has 0 bridgehead atoms. The van der Waals surface area contributed by atoms with Crippen molar-refractivity contribution in [3.8, 4) is 5.75 Å². The number of fused-ring (bicyclic) bond motifs is 4. The van der Waals surface area contributed by atoms with Crippen molar-refractivity contribution in [2.75, 3.05) is 13.1 Å². The van der Waals surface area contributed by atoms with Gasteiger partial charge in [0, 0.05) is 30.5 Å². The van der Waals surface area contributed by atoms with Crippen LogP contribution in [-0.4, -0.2) is 41.6 Å². The van der Waals surface area contributed by atoms with Crippen LogP contribution in [0.2, 0.25) is 0 Å². The van der Waals surface area contributed by atoms with Gasteiger partial charge in [-0.2, -0.15) is 0 Å². The minimum Gasteiger partial charge on any atom is -0.487 e. The highest BCUT2D eigenvalue weighted by molar-refractivity contribution is 5.81. The second-order valence-electron chi connectivity index (χ2n) is 8.30. The number of benzene rings is 1. The molecule has 0 unspecified atom stereocenters. The van der Waals surface area contributed by atoms with E-state index < -0.39 is 6.04 Å². The molecule has 0 spiro atoms. The van der Waals surface area contributed by atoms with Crippen LogP contribution in [0.5, 0.6) is 5.75 Å². The van der Waals surface area contributed by atoms with Crippen molar-refractivity contribution in [2.45, 2.75) is 57.5 Å². The molecule has 5 heteroatoms. The van der Waals surface area contributed by atoms with E-state index in [2.05, 4.69) is 26.0 Å². The number of piperidine rings is 1. The van der Waals surface area contributed by atoms with Gasteiger partial charge in [0.15, 0.2) is 0 Å². The molecule has 0 saturated carbocycles. The number of para-hydroxylation sites is 1. The number of rotatable bonds is 1. The standard InChI is InChI=1S/C20H28N2O3/c1-12(21)19(23)22-9-8-16-13(11-22)10-15-18(24-16)14-6-4-5-7-17(14)25-20(15,2)3/h4-7,12-13,15-16,18H,8-11,21H2,1-3H3/t12-,13-,15+,16+,18-/m1/s1. The van der Waals surface area contributed by atoms with Gasteiger partial charge in [0.1, 0.15) is 11.4 Å². The summed E-state index contributed by atoms with van der Waals surface area (Å²) < 4.78 is 12.9. The van der Waals surface area contributed by atoms with E-state index in [0.29, 0.717) is 5.92 Å². The SMILES string of the molecule is C[C@@H](N)C(=O)N1CC[C@@H]2O[C@@H]3c4ccccc4OC(C)(C)[C@H]3C[C@@H]2C1. The highest BCUT2D eigenvalue weighted by atomic mass is 16.5. The largest absolute Gasteiger partial charge is 0.487 e. The summed E-state index contributed by atoms with van der Waals surface area (Å²) in [7, 11) is 0. The molecule has 0 aliphatic carbocycles. The summed E-state index contributed by atoms with van der Waals surface area (Å²) in [5.74, 6) is 1.63. The van der Waals surface area contributed by atoms with Crippen molar-refractivity contribution in [3.63, 3.8) is 0 Å². The van der Waals surface area contributed by atoms with Gasteiger partial charge in [-0.1, -0.05) is 18.2 Å². The molecule has 25 heavy (non-hydrogen) atoms. The molecule has 2 saturated heterocycles. The van der Waals surface area contributed by atoms with Crippen LogP contribution in [0.4, 0.5) is 0 Å². The number of nitrogens with two attached hydrogens (primary N) is 1. The highest BCUT2D eigenvalue weighted by Gasteiger charge is 2.51. The van der Waals surface area contributed by atoms with Crippen LogP contribution in [0.3, 0.4) is 0 Å². The van der Waals surface area contributed by atoms with Crippen LogP contribution in [-0.2, 0) is 9.53 Å². The third-order valence-electron chi connectivity index (χ3n) is 6.10. The summed E-state index contributed by atoms with van der Waals surface area (Å²) in [4.78, 5) is 14.2. The summed E-state index contributed by atoms with van der Waals surface area (Å²) >= 11 is 0. The van der Waals surface area contributed by atoms with Gasteiger partial charge in [-0.25, -0.2) is 0 Å². The monoisotopic (exact) mass is 344 g/mol. The summed E-state index contributed by atoms with van der Waals surface area (Å²) in [5.41, 5.74) is 6.68. The smallest absolute Gasteiger partial charge is 0.239 e. The fourth-order valence-corrected chi connectivity index (χ4v) is 4.74. The molecule has 2 N–H and O–H groups in total. The van der Waals surface area contributed by atoms with Gasteiger partial charge >= 0.3 is 0 Å². The molecular weight excluding hydrogens is 316 g/mol. The third-order valence-corrected chi connectivity index (χ3v) is 6.10. The van der Waals surface area contributed by atoms with E-state index in [0.717, 1.165) is 31.7 Å². The van der Waals surface area contributed by atoms with Crippen LogP contribution in [0.15, 0.2) is 24.3 Å². The molecule has 3 heterocycles. The quantitative estimate of drug-likeness (QED) is 0.850. The maximum atomic E-state index is 12.3. The number of hydrogen-bond donors (Lipinski definition) is 1. The summed E-state index contributed by atoms with van der Waals surface area (Å²) in [5, 5.41) is 0. The lowest BCUT2D eigenvalue weighted by atomic mass is 9.70. The number of hydrogen-bond acceptors (Lipinski definition) is 4. The number of amides is 1. The van der Waals surface area contributed by atoms with E-state index in [1.807, 2.05) is 17.0 Å². The number of carbonyl (C=O) groups is 1. The number of carbonyl (C=O) groups excluding carboxylic acids is 1. The minimum atomic E-state index is -0.435. The van der Waals surface area contributed by atoms with Crippen molar-refractivity contribution in [1.82, 2.24) is 4.90 Å². The highest BCUT2D eigenvalue weighted by Crippen LogP contribution is 2.52. The average Bonchev–Trinajstić information content (AvgIpc) is 2.59. The lowest BCUT2D eigenvalue weighted by Gasteiger charge is -2.53. The Labute approximate surface area is 149 Å². The maximum absolute atomic E-state index is 12.3. The Morgan fingerprint density at radius 2 is 2.12 bits per heavy atom. The molecule has 2 fully saturated rings. The second kappa shape index (κ2) is 5.99. The lowest BCUT2D eigenvalue weighted by molar-refractivity contribution is -0.188. The van der Waals surface area contributed by atoms with Crippen LogP contribution >= 0.6 is 0 Å². The molecule has 1 aromatic carbocycles. The first kappa shape index (κ1) is 16.9. The van der Waals surface area contributed by atoms with Crippen molar-refractivity contribution >= 4 is 5.91 Å². The predicted octanol–water partition coefficient (Wildman–Crippen LogP) is 2.50. The van der Waals surface area contributed by atoms with Crippen LogP contribution in [0, 0.1) is 11.8 Å². The molecule has 3 aliphatic rings. The zero-order valence-electron chi connectivity index (χ0n) is 15.3. The van der Waals surface area contributed by atoms with Crippen molar-refractivity contribution in [2.24, 2.45) is 17.6 Å². The Hall–Kier alpha value is -1.59. The molecule has 0 radical (unpaired) electrons. The summed E-state index contributed by atoms with van der Waals surface area (Å²) in [6.45, 7) is 7.54. The Kier molecular flexibility index (Phi) is 4.04. The number of likely N-dealkylation sites (tertiary alicyclic amines) is 1. The van der Waals surface area contributed by atoms with Gasteiger partial charge in [-0.05, 0) is 39.7 Å². The average molecular weight is 344 g/mol. The van der Waals surface area contributed by atoms with E-state index in [1.165, 1.54) is 5.56 Å². The van der Waals surface area contributed by atoms with Crippen LogP contribution in [0.25, 0.3) is 0 Å². The van der Waals surface area contributed by atoms with Gasteiger partial charge in [0.05, 0.1) is 18.2 Å². The van der Waals surface area contributed by atoms with E-state index in [-0.39, 0.29) is 29.6 Å². The van der Waals surface area contributed by atoms with Gasteiger partial charge < -0.3 is 20.1 Å². The third kappa shape index (κ3) is 2.83. The van der Waals surface area contributed by atoms with E-state index in [9.17, 15) is 4.79 Å². The minimum absolute atomic E-state index is 0.0464. The Morgan fingerprint density at radius 1 is 1.36 bits per heavy atom. The van der Waals surface area contributed by atoms with Gasteiger partial charge in [0.2, 0.25) is 5.91 Å². The lowest BCUT2D eigenvalue weighted by Crippen LogP contribution is -2.57. The molecule has 3 aliphatic heterocycles. The van der Waals surface area contributed by atoms with E-state index in [4.69, 9.17) is 15.2 Å². The first-order valence-corrected chi connectivity index (χ1v) is 9.34. The normalized spacial score (nSPS) is 34.2. The van der Waals surface area contributed by atoms with Gasteiger partial charge in [-0.15, -0.1) is 0 Å². The van der Waals surface area contributed by atoms with Crippen molar-refractivity contribution in [3.05, 3.63) is 29.8 Å². The summed E-state index contributed by atoms with van der Waals surface area (Å²) in [6.07, 6.45) is 2.19. The topological polar surface area (TPSA) is 64.8 Å². The van der Waals surface area contributed by atoms with Gasteiger partial charge in [-0.3, -0.25) is 4.79 Å². The number of ether oxygens (including phenoxy) is 2. The van der Waals surface area contributed by atoms with Crippen molar-refractivity contribution < 1.29 is 14.3 Å². The fraction of sp³-hybridized carbons (Fsp3) is 0.650. The Balaban J connectivity index is 1.58. The first-order chi connectivity index (χ1) is 11.9. The van der Waals surface area contributed by atoms with E-state index >= 15 is 0 Å². The second-order valence-corrected chi connectivity index (χ2v) is 8.30. The zero-order chi connectivity index (χ0) is 17.8. The molecule has 5 nitrogen and oxygen atoms in total.